The average Bonchev–Trinajstić information content (AvgIpc) is 2.69. The van der Waals surface area contributed by atoms with Crippen LogP contribution in [-0.4, -0.2) is 49.6 Å². The van der Waals surface area contributed by atoms with Crippen LogP contribution in [-0.2, 0) is 4.79 Å². The van der Waals surface area contributed by atoms with Crippen LogP contribution in [0.25, 0.3) is 0 Å². The van der Waals surface area contributed by atoms with Crippen molar-refractivity contribution in [3.63, 3.8) is 0 Å². The first-order chi connectivity index (χ1) is 9.93. The van der Waals surface area contributed by atoms with E-state index in [2.05, 4.69) is 36.3 Å². The quantitative estimate of drug-likeness (QED) is 0.831. The first-order valence-electron chi connectivity index (χ1n) is 8.66. The predicted octanol–water partition coefficient (Wildman–Crippen LogP) is 1.61. The number of rotatable bonds is 3. The lowest BCUT2D eigenvalue weighted by molar-refractivity contribution is -0.124. The van der Waals surface area contributed by atoms with Crippen LogP contribution in [0.3, 0.4) is 0 Å². The van der Waals surface area contributed by atoms with Gasteiger partial charge in [-0.1, -0.05) is 20.8 Å². The molecule has 120 valence electrons. The van der Waals surface area contributed by atoms with Crippen molar-refractivity contribution in [1.82, 2.24) is 15.5 Å². The van der Waals surface area contributed by atoms with Gasteiger partial charge in [-0.15, -0.1) is 0 Å². The SMILES string of the molecule is CC1(C)C2CCC1(C)C(NC(=O)CN1CCCNCC1)C2. The highest BCUT2D eigenvalue weighted by atomic mass is 16.2. The van der Waals surface area contributed by atoms with Gasteiger partial charge >= 0.3 is 0 Å². The summed E-state index contributed by atoms with van der Waals surface area (Å²) in [6.07, 6.45) is 4.93. The van der Waals surface area contributed by atoms with Gasteiger partial charge in [0.05, 0.1) is 6.54 Å². The molecule has 0 radical (unpaired) electrons. The van der Waals surface area contributed by atoms with E-state index in [9.17, 15) is 4.79 Å². The Bertz CT molecular complexity index is 401. The molecule has 4 nitrogen and oxygen atoms in total. The minimum Gasteiger partial charge on any atom is -0.352 e. The Morgan fingerprint density at radius 3 is 2.76 bits per heavy atom. The molecule has 4 heteroatoms. The highest BCUT2D eigenvalue weighted by Crippen LogP contribution is 2.65. The van der Waals surface area contributed by atoms with Gasteiger partial charge in [0.25, 0.3) is 0 Å². The third-order valence-corrected chi connectivity index (χ3v) is 6.93. The molecular weight excluding hydrogens is 262 g/mol. The van der Waals surface area contributed by atoms with Gasteiger partial charge < -0.3 is 10.6 Å². The van der Waals surface area contributed by atoms with Gasteiger partial charge in [-0.2, -0.15) is 0 Å². The molecule has 0 aromatic carbocycles. The molecule has 1 amide bonds. The van der Waals surface area contributed by atoms with E-state index in [1.54, 1.807) is 0 Å². The highest BCUT2D eigenvalue weighted by molar-refractivity contribution is 5.78. The maximum Gasteiger partial charge on any atom is 0.234 e. The minimum atomic E-state index is 0.228. The first kappa shape index (κ1) is 15.3. The maximum atomic E-state index is 12.4. The van der Waals surface area contributed by atoms with Crippen LogP contribution in [0.4, 0.5) is 0 Å². The molecule has 3 unspecified atom stereocenters. The summed E-state index contributed by atoms with van der Waals surface area (Å²) in [6, 6.07) is 0.379. The van der Waals surface area contributed by atoms with E-state index < -0.39 is 0 Å². The molecule has 1 heterocycles. The number of fused-ring (bicyclic) bond motifs is 2. The summed E-state index contributed by atoms with van der Waals surface area (Å²) in [6.45, 7) is 11.9. The normalized spacial score (nSPS) is 39.2. The number of carbonyl (C=O) groups excluding carboxylic acids is 1. The molecule has 0 aromatic heterocycles. The topological polar surface area (TPSA) is 44.4 Å². The second-order valence-electron chi connectivity index (χ2n) is 8.11. The molecule has 2 saturated carbocycles. The van der Waals surface area contributed by atoms with Crippen LogP contribution in [0, 0.1) is 16.7 Å². The summed E-state index contributed by atoms with van der Waals surface area (Å²) < 4.78 is 0. The second-order valence-corrected chi connectivity index (χ2v) is 8.11. The predicted molar refractivity (Wildman–Crippen MR) is 85.1 cm³/mol. The Hall–Kier alpha value is -0.610. The fourth-order valence-electron chi connectivity index (χ4n) is 4.92. The van der Waals surface area contributed by atoms with E-state index in [1.807, 2.05) is 0 Å². The monoisotopic (exact) mass is 293 g/mol. The number of hydrogen-bond donors (Lipinski definition) is 2. The zero-order valence-corrected chi connectivity index (χ0v) is 13.9. The lowest BCUT2D eigenvalue weighted by Gasteiger charge is -2.39. The van der Waals surface area contributed by atoms with Gasteiger partial charge in [-0.3, -0.25) is 9.69 Å². The fourth-order valence-corrected chi connectivity index (χ4v) is 4.92. The lowest BCUT2D eigenvalue weighted by Crippen LogP contribution is -2.49. The number of amides is 1. The molecule has 3 atom stereocenters. The van der Waals surface area contributed by atoms with E-state index in [-0.39, 0.29) is 11.3 Å². The molecule has 3 aliphatic rings. The zero-order chi connectivity index (χ0) is 15.1. The smallest absolute Gasteiger partial charge is 0.234 e. The van der Waals surface area contributed by atoms with E-state index in [0.717, 1.165) is 38.5 Å². The summed E-state index contributed by atoms with van der Waals surface area (Å²) in [5, 5.41) is 6.76. The highest BCUT2D eigenvalue weighted by Gasteiger charge is 2.61. The van der Waals surface area contributed by atoms with E-state index in [1.165, 1.54) is 19.3 Å². The van der Waals surface area contributed by atoms with Crippen molar-refractivity contribution in [1.29, 1.82) is 0 Å². The average molecular weight is 293 g/mol. The van der Waals surface area contributed by atoms with Crippen molar-refractivity contribution in [3.05, 3.63) is 0 Å². The van der Waals surface area contributed by atoms with Crippen LogP contribution in [0.1, 0.15) is 46.5 Å². The molecule has 0 aromatic rings. The lowest BCUT2D eigenvalue weighted by atomic mass is 9.69. The summed E-state index contributed by atoms with van der Waals surface area (Å²) in [7, 11) is 0. The van der Waals surface area contributed by atoms with Crippen LogP contribution >= 0.6 is 0 Å². The largest absolute Gasteiger partial charge is 0.352 e. The summed E-state index contributed by atoms with van der Waals surface area (Å²) in [4.78, 5) is 14.7. The van der Waals surface area contributed by atoms with Crippen molar-refractivity contribution >= 4 is 5.91 Å². The van der Waals surface area contributed by atoms with Gasteiger partial charge in [0.2, 0.25) is 5.91 Å². The number of nitrogens with one attached hydrogen (secondary N) is 2. The molecule has 21 heavy (non-hydrogen) atoms. The number of carbonyl (C=O) groups is 1. The van der Waals surface area contributed by atoms with Gasteiger partial charge in [0, 0.05) is 19.1 Å². The van der Waals surface area contributed by atoms with Crippen LogP contribution in [0.15, 0.2) is 0 Å². The van der Waals surface area contributed by atoms with Crippen molar-refractivity contribution in [2.45, 2.75) is 52.5 Å². The molecule has 3 fully saturated rings. The number of hydrogen-bond acceptors (Lipinski definition) is 3. The van der Waals surface area contributed by atoms with Crippen molar-refractivity contribution in [2.24, 2.45) is 16.7 Å². The van der Waals surface area contributed by atoms with E-state index in [4.69, 9.17) is 0 Å². The van der Waals surface area contributed by atoms with Gasteiger partial charge in [-0.05, 0) is 55.5 Å². The molecular formula is C17H31N3O. The molecule has 2 bridgehead atoms. The maximum absolute atomic E-state index is 12.4. The Kier molecular flexibility index (Phi) is 4.04. The van der Waals surface area contributed by atoms with Crippen molar-refractivity contribution < 1.29 is 4.79 Å². The van der Waals surface area contributed by atoms with Crippen molar-refractivity contribution in [2.75, 3.05) is 32.7 Å². The van der Waals surface area contributed by atoms with Gasteiger partial charge in [-0.25, -0.2) is 0 Å². The Labute approximate surface area is 129 Å². The zero-order valence-electron chi connectivity index (χ0n) is 13.9. The standard InChI is InChI=1S/C17H31N3O/c1-16(2)13-5-6-17(16,3)14(11-13)19-15(21)12-20-9-4-7-18-8-10-20/h13-14,18H,4-12H2,1-3H3,(H,19,21). The van der Waals surface area contributed by atoms with Crippen molar-refractivity contribution in [3.8, 4) is 0 Å². The third-order valence-electron chi connectivity index (χ3n) is 6.93. The second kappa shape index (κ2) is 5.54. The Balaban J connectivity index is 1.56. The summed E-state index contributed by atoms with van der Waals surface area (Å²) >= 11 is 0. The molecule has 3 rings (SSSR count). The third kappa shape index (κ3) is 2.61. The Morgan fingerprint density at radius 1 is 1.29 bits per heavy atom. The Morgan fingerprint density at radius 2 is 2.10 bits per heavy atom. The van der Waals surface area contributed by atoms with Crippen LogP contribution in [0.5, 0.6) is 0 Å². The van der Waals surface area contributed by atoms with Crippen LogP contribution < -0.4 is 10.6 Å². The fraction of sp³-hybridized carbons (Fsp3) is 0.941. The summed E-state index contributed by atoms with van der Waals surface area (Å²) in [5.41, 5.74) is 0.658. The molecule has 2 N–H and O–H groups in total. The molecule has 1 aliphatic heterocycles. The summed E-state index contributed by atoms with van der Waals surface area (Å²) in [5.74, 6) is 1.02. The number of nitrogens with zero attached hydrogens (tertiary/aromatic N) is 1. The molecule has 2 aliphatic carbocycles. The molecule has 0 spiro atoms. The van der Waals surface area contributed by atoms with Crippen LogP contribution in [0.2, 0.25) is 0 Å². The van der Waals surface area contributed by atoms with E-state index >= 15 is 0 Å². The first-order valence-corrected chi connectivity index (χ1v) is 8.66. The van der Waals surface area contributed by atoms with E-state index in [0.29, 0.717) is 18.0 Å². The van der Waals surface area contributed by atoms with Gasteiger partial charge in [0.15, 0.2) is 0 Å². The minimum absolute atomic E-state index is 0.228. The van der Waals surface area contributed by atoms with Gasteiger partial charge in [0.1, 0.15) is 0 Å². The molecule has 1 saturated heterocycles.